The number of benzene rings is 4. The van der Waals surface area contributed by atoms with E-state index >= 15 is 0 Å². The molecule has 1 saturated heterocycles. The van der Waals surface area contributed by atoms with Gasteiger partial charge in [0.15, 0.2) is 12.3 Å². The summed E-state index contributed by atoms with van der Waals surface area (Å²) < 4.78 is 57.1. The average molecular weight is 995 g/mol. The number of rotatable bonds is 13. The Kier molecular flexibility index (Phi) is 12.9. The number of carbonyl (C=O) groups excluding carboxylic acids is 1. The fraction of sp³-hybridized carbons (Fsp3) is 0.444. The molecule has 6 heterocycles. The van der Waals surface area contributed by atoms with E-state index in [9.17, 15) is 38.2 Å². The highest BCUT2D eigenvalue weighted by Crippen LogP contribution is 2.54. The fourth-order valence-corrected chi connectivity index (χ4v) is 12.4. The summed E-state index contributed by atoms with van der Waals surface area (Å²) in [6.45, 7) is 10.7. The van der Waals surface area contributed by atoms with Gasteiger partial charge < -0.3 is 49.4 Å². The molecule has 70 heavy (non-hydrogen) atoms. The quantitative estimate of drug-likeness (QED) is 0.0614. The molecule has 370 valence electrons. The molecule has 10 rings (SSSR count). The molecule has 1 fully saturated rings. The van der Waals surface area contributed by atoms with Crippen LogP contribution in [0.4, 0.5) is 11.4 Å². The molecular weight excluding hydrogens is 934 g/mol. The first-order chi connectivity index (χ1) is 33.3. The number of hydrogen-bond acceptors (Lipinski definition) is 12. The number of amides is 1. The largest absolute Gasteiger partial charge is 0.744 e. The number of unbranched alkanes of at least 4 members (excludes halogenated alkanes) is 1. The molecule has 16 heteroatoms. The summed E-state index contributed by atoms with van der Waals surface area (Å²) in [6, 6.07) is 24.0. The number of aliphatic hydroxyl groups is 4. The van der Waals surface area contributed by atoms with Gasteiger partial charge in [0, 0.05) is 64.1 Å². The van der Waals surface area contributed by atoms with E-state index in [-0.39, 0.29) is 34.8 Å². The van der Waals surface area contributed by atoms with E-state index < -0.39 is 52.7 Å². The molecule has 0 aliphatic carbocycles. The molecule has 14 nitrogen and oxygen atoms in total. The maximum absolute atomic E-state index is 13.2. The third-order valence-electron chi connectivity index (χ3n) is 15.2. The standard InChI is InChI=1S/C54H60ClN3O11S/c1-53(2)38-24-31(9-15-41(38)57-20-17-43-36(51(53)57)28-37-44(68-43)18-21-58-42-16-13-35(70(64,65)66)27-39(42)54(3,4)52(37)58)25-46(60)56-19-5-6-22-67-34-11-7-30(8-12-34)23-33-26-32(10-14-40(33)55)50-49(63)48(62)47(61)45(29-59)69-50/h7-16,24,26-28,43-45,47-50,59,61-63H,5-6,17-23,25,29H2,1-4H3,(H-,56,60,64,65,66)/t43?,44?,45-,47-,48+,49-,50+/m1/s1. The molecule has 0 bridgehead atoms. The van der Waals surface area contributed by atoms with Gasteiger partial charge in [-0.25, -0.2) is 8.42 Å². The molecule has 2 unspecified atom stereocenters. The smallest absolute Gasteiger partial charge is 0.224 e. The first kappa shape index (κ1) is 48.7. The van der Waals surface area contributed by atoms with Crippen molar-refractivity contribution in [3.05, 3.63) is 140 Å². The van der Waals surface area contributed by atoms with Crippen LogP contribution >= 0.6 is 11.6 Å². The Labute approximate surface area is 413 Å². The second kappa shape index (κ2) is 18.6. The van der Waals surface area contributed by atoms with E-state index in [2.05, 4.69) is 66.8 Å². The zero-order valence-electron chi connectivity index (χ0n) is 39.7. The Morgan fingerprint density at radius 3 is 2.41 bits per heavy atom. The van der Waals surface area contributed by atoms with Gasteiger partial charge in [-0.2, -0.15) is 4.58 Å². The van der Waals surface area contributed by atoms with Crippen molar-refractivity contribution in [3.63, 3.8) is 0 Å². The van der Waals surface area contributed by atoms with E-state index in [4.69, 9.17) is 25.8 Å². The fourth-order valence-electron chi connectivity index (χ4n) is 11.7. The summed E-state index contributed by atoms with van der Waals surface area (Å²) in [5, 5.41) is 44.3. The van der Waals surface area contributed by atoms with Crippen LogP contribution in [-0.4, -0.2) is 119 Å². The van der Waals surface area contributed by atoms with Gasteiger partial charge in [0.2, 0.25) is 11.6 Å². The topological polar surface area (TPSA) is 201 Å². The van der Waals surface area contributed by atoms with Gasteiger partial charge in [-0.3, -0.25) is 4.79 Å². The molecule has 6 aliphatic rings. The van der Waals surface area contributed by atoms with E-state index in [0.717, 1.165) is 89.3 Å². The number of ether oxygens (including phenoxy) is 3. The van der Waals surface area contributed by atoms with E-state index in [0.29, 0.717) is 35.9 Å². The van der Waals surface area contributed by atoms with Crippen LogP contribution in [0.25, 0.3) is 0 Å². The molecule has 6 aliphatic heterocycles. The molecule has 0 aromatic heterocycles. The molecule has 1 amide bonds. The Morgan fingerprint density at radius 2 is 1.66 bits per heavy atom. The van der Waals surface area contributed by atoms with E-state index in [1.165, 1.54) is 17.3 Å². The third kappa shape index (κ3) is 8.70. The van der Waals surface area contributed by atoms with Gasteiger partial charge in [0.25, 0.3) is 0 Å². The minimum Gasteiger partial charge on any atom is -0.744 e. The Hall–Kier alpha value is -4.94. The maximum Gasteiger partial charge on any atom is 0.224 e. The molecule has 4 aromatic rings. The first-order valence-corrected chi connectivity index (χ1v) is 26.0. The average Bonchev–Trinajstić information content (AvgIpc) is 3.71. The van der Waals surface area contributed by atoms with Crippen molar-refractivity contribution < 1.29 is 57.0 Å². The van der Waals surface area contributed by atoms with Crippen LogP contribution in [-0.2, 0) is 48.1 Å². The SMILES string of the molecule is CC1(C)C2=C3C=C4C5=[N+](CCC4OC3CCN2c2ccc(CC(=O)NCCCCOc3ccc(Cc4cc([C@@H]6O[C@H](CO)[C@@H](O)[C@H](O)[C@H]6O)ccc4Cl)cc3)cc21)c1ccc(S(=O)(=O)[O-])cc1C5(C)C. The van der Waals surface area contributed by atoms with E-state index in [1.54, 1.807) is 30.3 Å². The van der Waals surface area contributed by atoms with Crippen molar-refractivity contribution in [2.75, 3.05) is 37.7 Å². The monoisotopic (exact) mass is 993 g/mol. The minimum atomic E-state index is -4.61. The van der Waals surface area contributed by atoms with Crippen molar-refractivity contribution in [2.45, 2.75) is 125 Å². The number of aliphatic hydroxyl groups excluding tert-OH is 4. The lowest BCUT2D eigenvalue weighted by atomic mass is 9.74. The Morgan fingerprint density at radius 1 is 0.886 bits per heavy atom. The predicted octanol–water partition coefficient (Wildman–Crippen LogP) is 5.80. The van der Waals surface area contributed by atoms with Gasteiger partial charge in [-0.1, -0.05) is 61.8 Å². The van der Waals surface area contributed by atoms with Crippen LogP contribution < -0.4 is 15.0 Å². The van der Waals surface area contributed by atoms with Gasteiger partial charge in [-0.05, 0) is 110 Å². The van der Waals surface area contributed by atoms with Crippen LogP contribution in [0.1, 0.15) is 92.9 Å². The van der Waals surface area contributed by atoms with Gasteiger partial charge in [0.05, 0.1) is 42.2 Å². The van der Waals surface area contributed by atoms with Crippen molar-refractivity contribution in [2.24, 2.45) is 0 Å². The van der Waals surface area contributed by atoms with Gasteiger partial charge in [0.1, 0.15) is 46.4 Å². The van der Waals surface area contributed by atoms with Crippen molar-refractivity contribution >= 4 is 44.7 Å². The normalized spacial score (nSPS) is 26.1. The first-order valence-electron chi connectivity index (χ1n) is 24.2. The minimum absolute atomic E-state index is 0.0404. The van der Waals surface area contributed by atoms with Crippen LogP contribution in [0, 0.1) is 0 Å². The summed E-state index contributed by atoms with van der Waals surface area (Å²) in [5.41, 5.74) is 11.0. The summed E-state index contributed by atoms with van der Waals surface area (Å²) >= 11 is 6.55. The zero-order valence-corrected chi connectivity index (χ0v) is 41.3. The molecule has 0 radical (unpaired) electrons. The summed E-state index contributed by atoms with van der Waals surface area (Å²) in [6.07, 6.45) is -0.164. The molecule has 0 spiro atoms. The summed E-state index contributed by atoms with van der Waals surface area (Å²) in [4.78, 5) is 15.5. The van der Waals surface area contributed by atoms with E-state index in [1.807, 2.05) is 24.3 Å². The highest BCUT2D eigenvalue weighted by atomic mass is 35.5. The highest BCUT2D eigenvalue weighted by molar-refractivity contribution is 7.85. The number of nitrogens with one attached hydrogen (secondary N) is 1. The van der Waals surface area contributed by atoms with Crippen molar-refractivity contribution in [1.82, 2.24) is 5.32 Å². The molecule has 5 N–H and O–H groups in total. The molecule has 7 atom stereocenters. The van der Waals surface area contributed by atoms with Gasteiger partial charge >= 0.3 is 0 Å². The van der Waals surface area contributed by atoms with Crippen molar-refractivity contribution in [3.8, 4) is 5.75 Å². The Bertz CT molecular complexity index is 2950. The predicted molar refractivity (Wildman–Crippen MR) is 262 cm³/mol. The number of halogens is 1. The second-order valence-electron chi connectivity index (χ2n) is 20.5. The molecule has 4 aromatic carbocycles. The lowest BCUT2D eigenvalue weighted by Gasteiger charge is -2.42. The number of hydrogen-bond donors (Lipinski definition) is 5. The maximum atomic E-state index is 13.2. The number of fused-ring (bicyclic) bond motifs is 8. The zero-order chi connectivity index (χ0) is 49.4. The van der Waals surface area contributed by atoms with Crippen LogP contribution in [0.15, 0.2) is 107 Å². The summed E-state index contributed by atoms with van der Waals surface area (Å²) in [7, 11) is -4.61. The van der Waals surface area contributed by atoms with Crippen LogP contribution in [0.5, 0.6) is 5.75 Å². The molecular formula is C54H60ClN3O11S. The van der Waals surface area contributed by atoms with Crippen LogP contribution in [0.2, 0.25) is 5.02 Å². The van der Waals surface area contributed by atoms with Gasteiger partial charge in [-0.15, -0.1) is 0 Å². The van der Waals surface area contributed by atoms with Crippen LogP contribution in [0.3, 0.4) is 0 Å². The van der Waals surface area contributed by atoms with Crippen molar-refractivity contribution in [1.29, 1.82) is 0 Å². The third-order valence-corrected chi connectivity index (χ3v) is 16.4. The Balaban J connectivity index is 0.734. The summed E-state index contributed by atoms with van der Waals surface area (Å²) in [5.74, 6) is 0.676. The number of anilines is 1. The lowest BCUT2D eigenvalue weighted by molar-refractivity contribution is -0.445. The second-order valence-corrected chi connectivity index (χ2v) is 22.3. The number of nitrogens with zero attached hydrogens (tertiary/aromatic N) is 2. The lowest BCUT2D eigenvalue weighted by Crippen LogP contribution is -2.55. The molecule has 0 saturated carbocycles. The number of allylic oxidation sites excluding steroid dienone is 1. The highest BCUT2D eigenvalue weighted by Gasteiger charge is 2.55. The number of carbonyl (C=O) groups is 1.